The molecule has 1 aliphatic rings. The third-order valence-electron chi connectivity index (χ3n) is 3.37. The first kappa shape index (κ1) is 19.9. The summed E-state index contributed by atoms with van der Waals surface area (Å²) in [4.78, 5) is 25.1. The molecule has 0 spiro atoms. The highest BCUT2D eigenvalue weighted by Crippen LogP contribution is 1.97. The third kappa shape index (κ3) is 8.75. The fourth-order valence-electron chi connectivity index (χ4n) is 2.30. The molecular formula is C13H28ClN5O2. The van der Waals surface area contributed by atoms with Gasteiger partial charge >= 0.3 is 6.03 Å². The highest BCUT2D eigenvalue weighted by atomic mass is 35.5. The fourth-order valence-corrected chi connectivity index (χ4v) is 2.30. The smallest absolute Gasteiger partial charge is 0.312 e. The van der Waals surface area contributed by atoms with Crippen LogP contribution in [0.5, 0.6) is 0 Å². The minimum Gasteiger partial charge on any atom is -0.354 e. The Hall–Kier alpha value is -1.05. The van der Waals surface area contributed by atoms with Gasteiger partial charge in [0, 0.05) is 32.7 Å². The summed E-state index contributed by atoms with van der Waals surface area (Å²) in [5.74, 6) is -0.147. The minimum atomic E-state index is -0.653. The second kappa shape index (κ2) is 11.6. The van der Waals surface area contributed by atoms with Crippen molar-refractivity contribution in [2.45, 2.75) is 32.2 Å². The molecule has 0 aliphatic carbocycles. The molecule has 7 nitrogen and oxygen atoms in total. The lowest BCUT2D eigenvalue weighted by molar-refractivity contribution is -0.123. The van der Waals surface area contributed by atoms with E-state index in [1.807, 2.05) is 6.92 Å². The van der Waals surface area contributed by atoms with E-state index < -0.39 is 12.1 Å². The number of rotatable bonds is 8. The summed E-state index contributed by atoms with van der Waals surface area (Å²) >= 11 is 0. The lowest BCUT2D eigenvalue weighted by Crippen LogP contribution is -2.49. The molecule has 0 saturated carbocycles. The number of primary amides is 1. The van der Waals surface area contributed by atoms with Gasteiger partial charge in [0.15, 0.2) is 0 Å². The van der Waals surface area contributed by atoms with Crippen LogP contribution in [0.25, 0.3) is 0 Å². The number of nitrogens with two attached hydrogens (primary N) is 1. The summed E-state index contributed by atoms with van der Waals surface area (Å²) in [7, 11) is 0. The van der Waals surface area contributed by atoms with Crippen LogP contribution in [-0.2, 0) is 4.79 Å². The zero-order valence-corrected chi connectivity index (χ0v) is 13.5. The van der Waals surface area contributed by atoms with E-state index in [4.69, 9.17) is 5.73 Å². The number of nitrogens with one attached hydrogen (secondary N) is 3. The average molecular weight is 322 g/mol. The van der Waals surface area contributed by atoms with Crippen LogP contribution < -0.4 is 21.7 Å². The van der Waals surface area contributed by atoms with Crippen LogP contribution in [0.4, 0.5) is 4.79 Å². The van der Waals surface area contributed by atoms with Crippen LogP contribution in [0.1, 0.15) is 26.2 Å². The molecule has 8 heteroatoms. The molecule has 1 saturated heterocycles. The van der Waals surface area contributed by atoms with Crippen LogP contribution in [0, 0.1) is 0 Å². The van der Waals surface area contributed by atoms with Gasteiger partial charge in [-0.1, -0.05) is 13.3 Å². The third-order valence-corrected chi connectivity index (χ3v) is 3.37. The Morgan fingerprint density at radius 1 is 1.33 bits per heavy atom. The van der Waals surface area contributed by atoms with E-state index in [1.54, 1.807) is 0 Å². The number of hydrogen-bond acceptors (Lipinski definition) is 4. The number of piperazine rings is 1. The summed E-state index contributed by atoms with van der Waals surface area (Å²) in [6, 6.07) is -1.17. The van der Waals surface area contributed by atoms with Crippen LogP contribution in [0.15, 0.2) is 0 Å². The zero-order valence-electron chi connectivity index (χ0n) is 12.7. The Labute approximate surface area is 132 Å². The number of urea groups is 1. The normalized spacial score (nSPS) is 16.6. The Morgan fingerprint density at radius 2 is 2.00 bits per heavy atom. The largest absolute Gasteiger partial charge is 0.354 e. The number of nitrogens with zero attached hydrogens (tertiary/aromatic N) is 1. The molecule has 5 N–H and O–H groups in total. The van der Waals surface area contributed by atoms with Gasteiger partial charge in [0.05, 0.1) is 0 Å². The monoisotopic (exact) mass is 321 g/mol. The van der Waals surface area contributed by atoms with Crippen molar-refractivity contribution in [1.29, 1.82) is 0 Å². The molecule has 0 unspecified atom stereocenters. The Balaban J connectivity index is 0.00000400. The van der Waals surface area contributed by atoms with E-state index in [0.29, 0.717) is 13.0 Å². The number of hydrogen-bond donors (Lipinski definition) is 4. The van der Waals surface area contributed by atoms with Crippen molar-refractivity contribution >= 4 is 24.3 Å². The summed E-state index contributed by atoms with van der Waals surface area (Å²) in [5, 5.41) is 8.65. The van der Waals surface area contributed by atoms with E-state index in [9.17, 15) is 9.59 Å². The van der Waals surface area contributed by atoms with Gasteiger partial charge in [0.2, 0.25) is 5.91 Å². The standard InChI is InChI=1S/C13H27N5O2.ClH/c1-2-4-11(17-13(14)20)12(19)16-5-3-8-18-9-6-15-7-10-18;/h11,15H,2-10H2,1H3,(H,16,19)(H3,14,17,20);1H/t11-;/m1./s1. The van der Waals surface area contributed by atoms with Crippen molar-refractivity contribution in [3.63, 3.8) is 0 Å². The van der Waals surface area contributed by atoms with Gasteiger partial charge < -0.3 is 26.6 Å². The summed E-state index contributed by atoms with van der Waals surface area (Å²) in [5.41, 5.74) is 5.07. The van der Waals surface area contributed by atoms with Gasteiger partial charge in [-0.25, -0.2) is 4.79 Å². The molecule has 1 aliphatic heterocycles. The first-order valence-corrected chi connectivity index (χ1v) is 7.40. The van der Waals surface area contributed by atoms with E-state index >= 15 is 0 Å². The molecule has 0 aromatic rings. The maximum atomic E-state index is 11.9. The van der Waals surface area contributed by atoms with Crippen LogP contribution in [-0.4, -0.2) is 62.1 Å². The fraction of sp³-hybridized carbons (Fsp3) is 0.846. The first-order chi connectivity index (χ1) is 9.63. The van der Waals surface area contributed by atoms with Gasteiger partial charge in [0.1, 0.15) is 6.04 Å². The van der Waals surface area contributed by atoms with Crippen molar-refractivity contribution in [2.75, 3.05) is 39.3 Å². The SMILES string of the molecule is CCC[C@@H](NC(N)=O)C(=O)NCCCN1CCNCC1.Cl. The summed E-state index contributed by atoms with van der Waals surface area (Å²) in [6.07, 6.45) is 2.34. The molecule has 0 bridgehead atoms. The van der Waals surface area contributed by atoms with Crippen molar-refractivity contribution in [2.24, 2.45) is 5.73 Å². The highest BCUT2D eigenvalue weighted by Gasteiger charge is 2.18. The number of halogens is 1. The van der Waals surface area contributed by atoms with E-state index in [0.717, 1.165) is 45.6 Å². The molecular weight excluding hydrogens is 294 g/mol. The number of carbonyl (C=O) groups excluding carboxylic acids is 2. The molecule has 1 fully saturated rings. The molecule has 1 rings (SSSR count). The van der Waals surface area contributed by atoms with Gasteiger partial charge in [0.25, 0.3) is 0 Å². The Kier molecular flexibility index (Phi) is 11.0. The predicted molar refractivity (Wildman–Crippen MR) is 85.6 cm³/mol. The van der Waals surface area contributed by atoms with Gasteiger partial charge in [-0.2, -0.15) is 0 Å². The highest BCUT2D eigenvalue weighted by molar-refractivity contribution is 5.86. The Bertz CT molecular complexity index is 311. The van der Waals surface area contributed by atoms with Crippen LogP contribution in [0.2, 0.25) is 0 Å². The number of amides is 3. The molecule has 1 heterocycles. The van der Waals surface area contributed by atoms with Crippen molar-refractivity contribution in [1.82, 2.24) is 20.9 Å². The lowest BCUT2D eigenvalue weighted by atomic mass is 10.1. The van der Waals surface area contributed by atoms with E-state index in [1.165, 1.54) is 0 Å². The quantitative estimate of drug-likeness (QED) is 0.459. The molecule has 1 atom stereocenters. The summed E-state index contributed by atoms with van der Waals surface area (Å²) in [6.45, 7) is 7.78. The molecule has 124 valence electrons. The molecule has 3 amide bonds. The van der Waals surface area contributed by atoms with E-state index in [-0.39, 0.29) is 18.3 Å². The lowest BCUT2D eigenvalue weighted by Gasteiger charge is -2.27. The van der Waals surface area contributed by atoms with Crippen molar-refractivity contribution in [3.05, 3.63) is 0 Å². The van der Waals surface area contributed by atoms with E-state index in [2.05, 4.69) is 20.9 Å². The average Bonchev–Trinajstić information content (AvgIpc) is 2.43. The second-order valence-corrected chi connectivity index (χ2v) is 5.09. The molecule has 0 radical (unpaired) electrons. The van der Waals surface area contributed by atoms with Crippen LogP contribution in [0.3, 0.4) is 0 Å². The van der Waals surface area contributed by atoms with Crippen LogP contribution >= 0.6 is 12.4 Å². The predicted octanol–water partition coefficient (Wildman–Crippen LogP) is -0.343. The van der Waals surface area contributed by atoms with Crippen molar-refractivity contribution < 1.29 is 9.59 Å². The maximum Gasteiger partial charge on any atom is 0.312 e. The first-order valence-electron chi connectivity index (χ1n) is 7.40. The Morgan fingerprint density at radius 3 is 2.57 bits per heavy atom. The van der Waals surface area contributed by atoms with Gasteiger partial charge in [-0.05, 0) is 19.4 Å². The summed E-state index contributed by atoms with van der Waals surface area (Å²) < 4.78 is 0. The molecule has 0 aromatic heterocycles. The van der Waals surface area contributed by atoms with Gasteiger partial charge in [-0.3, -0.25) is 4.79 Å². The maximum absolute atomic E-state index is 11.9. The second-order valence-electron chi connectivity index (χ2n) is 5.09. The van der Waals surface area contributed by atoms with Gasteiger partial charge in [-0.15, -0.1) is 12.4 Å². The number of carbonyl (C=O) groups is 2. The molecule has 21 heavy (non-hydrogen) atoms. The van der Waals surface area contributed by atoms with Crippen molar-refractivity contribution in [3.8, 4) is 0 Å². The zero-order chi connectivity index (χ0) is 14.8. The minimum absolute atomic E-state index is 0. The molecule has 0 aromatic carbocycles. The topological polar surface area (TPSA) is 99.5 Å².